The average molecular weight is 408 g/mol. The van der Waals surface area contributed by atoms with E-state index < -0.39 is 0 Å². The minimum atomic E-state index is -0.237. The van der Waals surface area contributed by atoms with Gasteiger partial charge in [0.05, 0.1) is 6.04 Å². The quantitative estimate of drug-likeness (QED) is 0.641. The first kappa shape index (κ1) is 14.8. The molecule has 0 radical (unpaired) electrons. The molecule has 2 aromatic carbocycles. The second-order valence-electron chi connectivity index (χ2n) is 4.16. The Balaban J connectivity index is 2.23. The number of benzene rings is 2. The number of hydrogen-bond donors (Lipinski definition) is 1. The molecule has 0 amide bonds. The van der Waals surface area contributed by atoms with Gasteiger partial charge in [-0.1, -0.05) is 33.6 Å². The molecule has 0 saturated carbocycles. The summed E-state index contributed by atoms with van der Waals surface area (Å²) >= 11 is 12.6. The van der Waals surface area contributed by atoms with Crippen molar-refractivity contribution >= 4 is 49.1 Å². The smallest absolute Gasteiger partial charge is 0.129 e. The van der Waals surface area contributed by atoms with E-state index in [1.807, 2.05) is 19.1 Å². The van der Waals surface area contributed by atoms with Crippen LogP contribution in [0.3, 0.4) is 0 Å². The molecule has 0 heterocycles. The first-order chi connectivity index (χ1) is 8.97. The summed E-state index contributed by atoms with van der Waals surface area (Å²) in [5.41, 5.74) is 1.49. The molecular formula is C14H11Br2ClFN. The van der Waals surface area contributed by atoms with Crippen LogP contribution in [0.4, 0.5) is 10.1 Å². The maximum Gasteiger partial charge on any atom is 0.129 e. The zero-order valence-electron chi connectivity index (χ0n) is 10.1. The second kappa shape index (κ2) is 6.25. The van der Waals surface area contributed by atoms with E-state index in [-0.39, 0.29) is 11.9 Å². The van der Waals surface area contributed by atoms with E-state index in [2.05, 4.69) is 37.2 Å². The molecule has 0 aliphatic rings. The molecule has 1 atom stereocenters. The Kier molecular flexibility index (Phi) is 4.87. The van der Waals surface area contributed by atoms with Crippen molar-refractivity contribution in [1.29, 1.82) is 0 Å². The van der Waals surface area contributed by atoms with Crippen LogP contribution in [0.2, 0.25) is 5.02 Å². The van der Waals surface area contributed by atoms with Gasteiger partial charge in [-0.3, -0.25) is 0 Å². The fraction of sp³-hybridized carbons (Fsp3) is 0.143. The predicted octanol–water partition coefficient (Wildman–Crippen LogP) is 6.18. The van der Waals surface area contributed by atoms with Crippen LogP contribution in [0.15, 0.2) is 45.3 Å². The summed E-state index contributed by atoms with van der Waals surface area (Å²) in [5.74, 6) is -0.237. The van der Waals surface area contributed by atoms with E-state index in [0.717, 1.165) is 14.6 Å². The summed E-state index contributed by atoms with van der Waals surface area (Å²) in [7, 11) is 0. The van der Waals surface area contributed by atoms with E-state index in [4.69, 9.17) is 11.6 Å². The van der Waals surface area contributed by atoms with Crippen LogP contribution >= 0.6 is 43.5 Å². The first-order valence-corrected chi connectivity index (χ1v) is 7.60. The van der Waals surface area contributed by atoms with Crippen molar-refractivity contribution in [1.82, 2.24) is 0 Å². The van der Waals surface area contributed by atoms with Gasteiger partial charge in [-0.15, -0.1) is 0 Å². The highest BCUT2D eigenvalue weighted by Gasteiger charge is 2.12. The average Bonchev–Trinajstić information content (AvgIpc) is 2.32. The molecule has 2 aromatic rings. The zero-order chi connectivity index (χ0) is 14.0. The Morgan fingerprint density at radius 3 is 2.53 bits per heavy atom. The molecule has 0 saturated heterocycles. The largest absolute Gasteiger partial charge is 0.377 e. The van der Waals surface area contributed by atoms with Crippen LogP contribution < -0.4 is 5.32 Å². The molecule has 0 aliphatic heterocycles. The molecule has 0 bridgehead atoms. The normalized spacial score (nSPS) is 12.3. The Morgan fingerprint density at radius 1 is 1.16 bits per heavy atom. The van der Waals surface area contributed by atoms with Gasteiger partial charge in [0, 0.05) is 25.2 Å². The lowest BCUT2D eigenvalue weighted by molar-refractivity contribution is 0.599. The molecule has 0 aromatic heterocycles. The van der Waals surface area contributed by atoms with E-state index in [9.17, 15) is 4.39 Å². The molecule has 1 N–H and O–H groups in total. The van der Waals surface area contributed by atoms with Gasteiger partial charge in [0.15, 0.2) is 0 Å². The Bertz CT molecular complexity index is 604. The lowest BCUT2D eigenvalue weighted by Gasteiger charge is -2.17. The van der Waals surface area contributed by atoms with Crippen LogP contribution in [0.1, 0.15) is 18.5 Å². The number of hydrogen-bond acceptors (Lipinski definition) is 1. The fourth-order valence-corrected chi connectivity index (χ4v) is 2.90. The van der Waals surface area contributed by atoms with Crippen molar-refractivity contribution in [2.24, 2.45) is 0 Å². The van der Waals surface area contributed by atoms with Crippen LogP contribution in [-0.2, 0) is 0 Å². The first-order valence-electron chi connectivity index (χ1n) is 5.64. The number of nitrogens with one attached hydrogen (secondary N) is 1. The minimum absolute atomic E-state index is 0.148. The monoisotopic (exact) mass is 405 g/mol. The summed E-state index contributed by atoms with van der Waals surface area (Å²) in [4.78, 5) is 0. The highest BCUT2D eigenvalue weighted by atomic mass is 79.9. The molecule has 0 spiro atoms. The van der Waals surface area contributed by atoms with Crippen molar-refractivity contribution in [3.05, 3.63) is 61.7 Å². The van der Waals surface area contributed by atoms with Crippen LogP contribution in [0.5, 0.6) is 0 Å². The highest BCUT2D eigenvalue weighted by molar-refractivity contribution is 9.10. The Morgan fingerprint density at radius 2 is 1.89 bits per heavy atom. The third kappa shape index (κ3) is 3.71. The van der Waals surface area contributed by atoms with Crippen LogP contribution in [-0.4, -0.2) is 0 Å². The van der Waals surface area contributed by atoms with Gasteiger partial charge >= 0.3 is 0 Å². The number of rotatable bonds is 3. The second-order valence-corrected chi connectivity index (χ2v) is 6.36. The number of anilines is 1. The van der Waals surface area contributed by atoms with Gasteiger partial charge in [0.1, 0.15) is 5.82 Å². The molecule has 1 nitrogen and oxygen atoms in total. The maximum atomic E-state index is 13.9. The molecule has 5 heteroatoms. The van der Waals surface area contributed by atoms with Crippen LogP contribution in [0, 0.1) is 5.82 Å². The van der Waals surface area contributed by atoms with Crippen molar-refractivity contribution in [3.8, 4) is 0 Å². The summed E-state index contributed by atoms with van der Waals surface area (Å²) in [6, 6.07) is 10.4. The van der Waals surface area contributed by atoms with Gasteiger partial charge in [-0.2, -0.15) is 0 Å². The van der Waals surface area contributed by atoms with E-state index in [0.29, 0.717) is 10.6 Å². The Hall–Kier alpha value is -0.580. The van der Waals surface area contributed by atoms with Gasteiger partial charge in [-0.25, -0.2) is 4.39 Å². The topological polar surface area (TPSA) is 12.0 Å². The third-order valence-electron chi connectivity index (χ3n) is 2.73. The van der Waals surface area contributed by atoms with Crippen LogP contribution in [0.25, 0.3) is 0 Å². The molecule has 0 fully saturated rings. The highest BCUT2D eigenvalue weighted by Crippen LogP contribution is 2.30. The summed E-state index contributed by atoms with van der Waals surface area (Å²) in [5, 5.41) is 3.91. The van der Waals surface area contributed by atoms with Crippen molar-refractivity contribution < 1.29 is 4.39 Å². The minimum Gasteiger partial charge on any atom is -0.377 e. The van der Waals surface area contributed by atoms with Crippen molar-refractivity contribution in [2.75, 3.05) is 5.32 Å². The molecule has 2 rings (SSSR count). The fourth-order valence-electron chi connectivity index (χ4n) is 1.77. The predicted molar refractivity (Wildman–Crippen MR) is 85.3 cm³/mol. The van der Waals surface area contributed by atoms with Gasteiger partial charge in [0.2, 0.25) is 0 Å². The molecular weight excluding hydrogens is 396 g/mol. The van der Waals surface area contributed by atoms with Gasteiger partial charge in [-0.05, 0) is 53.2 Å². The van der Waals surface area contributed by atoms with Gasteiger partial charge in [0.25, 0.3) is 0 Å². The molecule has 100 valence electrons. The third-order valence-corrected chi connectivity index (χ3v) is 4.12. The Labute approximate surface area is 133 Å². The standard InChI is InChI=1S/C14H11Br2ClFN/c1-8(11-4-2-9(15)6-13(11)18)19-14-5-3-10(17)7-12(14)16/h2-8,19H,1H3. The lowest BCUT2D eigenvalue weighted by Crippen LogP contribution is -2.09. The van der Waals surface area contributed by atoms with Gasteiger partial charge < -0.3 is 5.32 Å². The molecule has 1 unspecified atom stereocenters. The molecule has 19 heavy (non-hydrogen) atoms. The summed E-state index contributed by atoms with van der Waals surface area (Å²) in [6.45, 7) is 1.91. The summed E-state index contributed by atoms with van der Waals surface area (Å²) in [6.07, 6.45) is 0. The van der Waals surface area contributed by atoms with E-state index >= 15 is 0 Å². The van der Waals surface area contributed by atoms with E-state index in [1.54, 1.807) is 18.2 Å². The maximum absolute atomic E-state index is 13.9. The van der Waals surface area contributed by atoms with Crippen molar-refractivity contribution in [2.45, 2.75) is 13.0 Å². The van der Waals surface area contributed by atoms with Crippen molar-refractivity contribution in [3.63, 3.8) is 0 Å². The summed E-state index contributed by atoms with van der Waals surface area (Å²) < 4.78 is 15.4. The lowest BCUT2D eigenvalue weighted by atomic mass is 10.1. The zero-order valence-corrected chi connectivity index (χ0v) is 14.0. The number of halogens is 4. The molecule has 0 aliphatic carbocycles. The van der Waals surface area contributed by atoms with E-state index in [1.165, 1.54) is 6.07 Å². The SMILES string of the molecule is CC(Nc1ccc(Cl)cc1Br)c1ccc(Br)cc1F.